The molecule has 2 fully saturated rings. The normalized spacial score (nSPS) is 25.7. The van der Waals surface area contributed by atoms with Gasteiger partial charge in [0.15, 0.2) is 11.5 Å². The fourth-order valence-electron chi connectivity index (χ4n) is 7.91. The number of esters is 2. The summed E-state index contributed by atoms with van der Waals surface area (Å²) in [5.41, 5.74) is 4.26. The molecule has 46 heavy (non-hydrogen) atoms. The first-order valence-corrected chi connectivity index (χ1v) is 15.6. The molecule has 3 heterocycles. The number of ether oxygens (including phenoxy) is 7. The van der Waals surface area contributed by atoms with Gasteiger partial charge in [-0.05, 0) is 72.6 Å². The van der Waals surface area contributed by atoms with E-state index in [9.17, 15) is 9.59 Å². The molecule has 6 atom stereocenters. The van der Waals surface area contributed by atoms with Crippen molar-refractivity contribution in [3.8, 4) is 23.0 Å². The van der Waals surface area contributed by atoms with Crippen molar-refractivity contribution < 1.29 is 42.7 Å². The van der Waals surface area contributed by atoms with Crippen LogP contribution in [0.1, 0.15) is 35.7 Å². The molecule has 0 amide bonds. The summed E-state index contributed by atoms with van der Waals surface area (Å²) in [4.78, 5) is 32.8. The maximum Gasteiger partial charge on any atom is 0.331 e. The molecule has 0 bridgehead atoms. The van der Waals surface area contributed by atoms with E-state index in [1.165, 1.54) is 51.2 Å². The van der Waals surface area contributed by atoms with Gasteiger partial charge in [-0.1, -0.05) is 0 Å². The van der Waals surface area contributed by atoms with Crippen molar-refractivity contribution in [2.24, 2.45) is 17.8 Å². The van der Waals surface area contributed by atoms with Gasteiger partial charge in [0.05, 0.1) is 47.5 Å². The van der Waals surface area contributed by atoms with E-state index < -0.39 is 24.1 Å². The molecule has 1 N–H and O–H groups in total. The molecule has 0 spiro atoms. The highest BCUT2D eigenvalue weighted by Gasteiger charge is 2.54. The van der Waals surface area contributed by atoms with Crippen molar-refractivity contribution in [2.45, 2.75) is 37.5 Å². The number of carbonyl (C=O) groups is 2. The van der Waals surface area contributed by atoms with Crippen LogP contribution in [-0.2, 0) is 30.2 Å². The van der Waals surface area contributed by atoms with E-state index >= 15 is 0 Å². The minimum Gasteiger partial charge on any atom is -0.497 e. The molecule has 0 radical (unpaired) electrons. The van der Waals surface area contributed by atoms with E-state index in [1.54, 1.807) is 32.4 Å². The highest BCUT2D eigenvalue weighted by atomic mass is 16.6. The van der Waals surface area contributed by atoms with Gasteiger partial charge in [0, 0.05) is 48.9 Å². The first-order valence-electron chi connectivity index (χ1n) is 15.6. The number of hydrogen-bond donors (Lipinski definition) is 1. The van der Waals surface area contributed by atoms with Crippen molar-refractivity contribution in [2.75, 3.05) is 55.7 Å². The lowest BCUT2D eigenvalue weighted by Crippen LogP contribution is -2.58. The number of H-pyrrole nitrogens is 1. The lowest BCUT2D eigenvalue weighted by molar-refractivity contribution is -0.187. The van der Waals surface area contributed by atoms with Crippen molar-refractivity contribution in [1.82, 2.24) is 9.88 Å². The van der Waals surface area contributed by atoms with E-state index in [1.807, 2.05) is 12.1 Å². The number of nitrogens with zero attached hydrogens (tertiary/aromatic N) is 1. The molecule has 3 aromatic rings. The van der Waals surface area contributed by atoms with Crippen LogP contribution < -0.4 is 18.9 Å². The Hall–Kier alpha value is -4.22. The minimum absolute atomic E-state index is 0.00438. The van der Waals surface area contributed by atoms with Crippen LogP contribution in [0.3, 0.4) is 0 Å². The van der Waals surface area contributed by atoms with Gasteiger partial charge in [-0.2, -0.15) is 0 Å². The highest BCUT2D eigenvalue weighted by molar-refractivity contribution is 5.88. The van der Waals surface area contributed by atoms with Crippen LogP contribution in [0.4, 0.5) is 0 Å². The zero-order valence-electron chi connectivity index (χ0n) is 27.2. The Kier molecular flexibility index (Phi) is 9.15. The SMILES string of the molecule is COC(=O)[C@H]1[C@@H]2C[C@@H]3c4[nH]c5cc(OC)ccc5c4CCN3C[C@@H]2C[C@@H](OC(=O)C=Cc2cc(OC)c(OC)c(OC)c2)[C@@H]1OC. The number of piperidine rings is 1. The molecule has 0 unspecified atom stereocenters. The molecule has 3 aliphatic rings. The zero-order chi connectivity index (χ0) is 32.5. The van der Waals surface area contributed by atoms with Gasteiger partial charge in [-0.15, -0.1) is 0 Å². The van der Waals surface area contributed by atoms with E-state index in [0.29, 0.717) is 29.2 Å². The maximum absolute atomic E-state index is 13.4. The number of aromatic nitrogens is 1. The maximum atomic E-state index is 13.4. The second-order valence-corrected chi connectivity index (χ2v) is 12.1. The third-order valence-corrected chi connectivity index (χ3v) is 9.97. The number of aromatic amines is 1. The summed E-state index contributed by atoms with van der Waals surface area (Å²) in [6, 6.07) is 9.78. The molecule has 1 saturated carbocycles. The monoisotopic (exact) mass is 634 g/mol. The molecular formula is C35H42N2O9. The summed E-state index contributed by atoms with van der Waals surface area (Å²) < 4.78 is 39.0. The van der Waals surface area contributed by atoms with Crippen LogP contribution in [-0.4, -0.2) is 89.8 Å². The van der Waals surface area contributed by atoms with Gasteiger partial charge in [0.2, 0.25) is 5.75 Å². The van der Waals surface area contributed by atoms with Gasteiger partial charge in [-0.25, -0.2) is 4.79 Å². The van der Waals surface area contributed by atoms with Crippen LogP contribution >= 0.6 is 0 Å². The quantitative estimate of drug-likeness (QED) is 0.265. The third-order valence-electron chi connectivity index (χ3n) is 9.97. The van der Waals surface area contributed by atoms with Crippen molar-refractivity contribution >= 4 is 28.9 Å². The fraction of sp³-hybridized carbons (Fsp3) is 0.486. The van der Waals surface area contributed by atoms with E-state index in [2.05, 4.69) is 16.0 Å². The Morgan fingerprint density at radius 3 is 2.35 bits per heavy atom. The number of fused-ring (bicyclic) bond motifs is 6. The number of benzene rings is 2. The Labute approximate surface area is 268 Å². The van der Waals surface area contributed by atoms with E-state index in [4.69, 9.17) is 33.2 Å². The molecule has 11 nitrogen and oxygen atoms in total. The van der Waals surface area contributed by atoms with Gasteiger partial charge in [-0.3, -0.25) is 9.69 Å². The van der Waals surface area contributed by atoms with Crippen LogP contribution in [0.15, 0.2) is 36.4 Å². The summed E-state index contributed by atoms with van der Waals surface area (Å²) in [5.74, 6) is 0.873. The summed E-state index contributed by atoms with van der Waals surface area (Å²) in [5, 5.41) is 1.21. The minimum atomic E-state index is -0.645. The highest BCUT2D eigenvalue weighted by Crippen LogP contribution is 2.50. The second kappa shape index (κ2) is 13.3. The lowest BCUT2D eigenvalue weighted by atomic mass is 9.63. The molecule has 2 aromatic carbocycles. The fourth-order valence-corrected chi connectivity index (χ4v) is 7.91. The summed E-state index contributed by atoms with van der Waals surface area (Å²) in [6.07, 6.45) is 4.01. The summed E-state index contributed by atoms with van der Waals surface area (Å²) in [7, 11) is 9.24. The standard InChI is InChI=1S/C35H42N2O9/c1-40-21-8-9-22-23-11-12-37-18-20-15-29(46-30(38)10-7-19-13-27(41-2)33(43-4)28(14-19)42-3)34(44-5)31(35(39)45-6)24(20)17-26(37)32(23)36-25(22)16-21/h7-10,13-14,16,20,24,26,29,31,34,36H,11-12,15,17-18H2,1-6H3/t20-,24+,26+,29+,31-,34-/m0/s1. The Morgan fingerprint density at radius 1 is 0.935 bits per heavy atom. The van der Waals surface area contributed by atoms with E-state index in [0.717, 1.165) is 37.2 Å². The number of hydrogen-bond acceptors (Lipinski definition) is 10. The van der Waals surface area contributed by atoms with Crippen molar-refractivity contribution in [3.63, 3.8) is 0 Å². The molecule has 1 saturated heterocycles. The summed E-state index contributed by atoms with van der Waals surface area (Å²) in [6.45, 7) is 1.70. The zero-order valence-corrected chi connectivity index (χ0v) is 27.2. The Bertz CT molecular complexity index is 1610. The van der Waals surface area contributed by atoms with Gasteiger partial charge in [0.25, 0.3) is 0 Å². The number of rotatable bonds is 9. The van der Waals surface area contributed by atoms with Crippen LogP contribution in [0.2, 0.25) is 0 Å². The van der Waals surface area contributed by atoms with Crippen molar-refractivity contribution in [3.05, 3.63) is 53.2 Å². The first-order chi connectivity index (χ1) is 22.3. The predicted molar refractivity (Wildman–Crippen MR) is 170 cm³/mol. The van der Waals surface area contributed by atoms with Gasteiger partial charge in [0.1, 0.15) is 18.0 Å². The molecule has 2 aliphatic heterocycles. The van der Waals surface area contributed by atoms with E-state index in [-0.39, 0.29) is 23.8 Å². The van der Waals surface area contributed by atoms with Gasteiger partial charge < -0.3 is 38.1 Å². The Morgan fingerprint density at radius 2 is 1.70 bits per heavy atom. The van der Waals surface area contributed by atoms with Crippen molar-refractivity contribution in [1.29, 1.82) is 0 Å². The molecule has 1 aromatic heterocycles. The smallest absolute Gasteiger partial charge is 0.331 e. The topological polar surface area (TPSA) is 118 Å². The first kappa shape index (κ1) is 31.7. The lowest BCUT2D eigenvalue weighted by Gasteiger charge is -2.52. The largest absolute Gasteiger partial charge is 0.497 e. The Balaban J connectivity index is 1.23. The number of nitrogens with one attached hydrogen (secondary N) is 1. The predicted octanol–water partition coefficient (Wildman–Crippen LogP) is 4.57. The average molecular weight is 635 g/mol. The molecular weight excluding hydrogens is 592 g/mol. The molecule has 11 heteroatoms. The third kappa shape index (κ3) is 5.66. The molecule has 6 rings (SSSR count). The van der Waals surface area contributed by atoms with Gasteiger partial charge >= 0.3 is 11.9 Å². The summed E-state index contributed by atoms with van der Waals surface area (Å²) >= 11 is 0. The van der Waals surface area contributed by atoms with Crippen LogP contribution in [0, 0.1) is 17.8 Å². The second-order valence-electron chi connectivity index (χ2n) is 12.1. The van der Waals surface area contributed by atoms with Crippen LogP contribution in [0.5, 0.6) is 23.0 Å². The molecule has 246 valence electrons. The molecule has 1 aliphatic carbocycles. The van der Waals surface area contributed by atoms with Crippen LogP contribution in [0.25, 0.3) is 17.0 Å². The average Bonchev–Trinajstić information content (AvgIpc) is 3.46. The number of methoxy groups -OCH3 is 6. The number of carbonyl (C=O) groups excluding carboxylic acids is 2.